The van der Waals surface area contributed by atoms with Crippen LogP contribution in [0.1, 0.15) is 20.8 Å². The maximum absolute atomic E-state index is 11.2. The lowest BCUT2D eigenvalue weighted by Crippen LogP contribution is -2.58. The Bertz CT molecular complexity index is 275. The van der Waals surface area contributed by atoms with Crippen LogP contribution in [0.5, 0.6) is 0 Å². The molecule has 0 aromatic carbocycles. The van der Waals surface area contributed by atoms with E-state index in [9.17, 15) is 9.90 Å². The second-order valence-corrected chi connectivity index (χ2v) is 5.86. The Morgan fingerprint density at radius 1 is 1.28 bits per heavy atom. The van der Waals surface area contributed by atoms with Crippen LogP contribution in [0.15, 0.2) is 0 Å². The minimum atomic E-state index is -0.847. The fraction of sp³-hybridized carbons (Fsp3) is 0.923. The van der Waals surface area contributed by atoms with E-state index < -0.39 is 11.5 Å². The number of carboxylic acid groups (broad SMARTS) is 1. The first-order valence-corrected chi connectivity index (χ1v) is 6.74. The molecule has 0 radical (unpaired) electrons. The normalized spacial score (nSPS) is 22.1. The Morgan fingerprint density at radius 3 is 2.17 bits per heavy atom. The lowest BCUT2D eigenvalue weighted by molar-refractivity contribution is -0.145. The van der Waals surface area contributed by atoms with Gasteiger partial charge in [0, 0.05) is 39.3 Å². The van der Waals surface area contributed by atoms with Crippen molar-refractivity contribution in [3.05, 3.63) is 0 Å². The van der Waals surface area contributed by atoms with Gasteiger partial charge in [0.25, 0.3) is 0 Å². The van der Waals surface area contributed by atoms with Crippen molar-refractivity contribution in [2.24, 2.45) is 5.92 Å². The summed E-state index contributed by atoms with van der Waals surface area (Å²) >= 11 is 0. The summed E-state index contributed by atoms with van der Waals surface area (Å²) < 4.78 is 0. The van der Waals surface area contributed by atoms with Gasteiger partial charge < -0.3 is 15.3 Å². The first-order chi connectivity index (χ1) is 8.37. The van der Waals surface area contributed by atoms with Crippen LogP contribution in [-0.2, 0) is 4.79 Å². The minimum absolute atomic E-state index is 0.564. The van der Waals surface area contributed by atoms with Gasteiger partial charge in [0.05, 0.1) is 0 Å². The van der Waals surface area contributed by atoms with Gasteiger partial charge in [0.2, 0.25) is 0 Å². The average molecular weight is 257 g/mol. The molecule has 5 nitrogen and oxygen atoms in total. The van der Waals surface area contributed by atoms with E-state index in [1.165, 1.54) is 0 Å². The number of carbonyl (C=O) groups is 1. The number of likely N-dealkylation sites (N-methyl/N-ethyl adjacent to an activating group) is 1. The van der Waals surface area contributed by atoms with Crippen molar-refractivity contribution in [3.63, 3.8) is 0 Å². The molecular formula is C13H27N3O2. The Balaban J connectivity index is 2.41. The van der Waals surface area contributed by atoms with E-state index in [2.05, 4.69) is 29.0 Å². The van der Waals surface area contributed by atoms with Crippen LogP contribution in [0, 0.1) is 5.92 Å². The van der Waals surface area contributed by atoms with E-state index in [4.69, 9.17) is 0 Å². The number of carboxylic acids is 1. The molecular weight excluding hydrogens is 230 g/mol. The summed E-state index contributed by atoms with van der Waals surface area (Å²) in [6.45, 7) is 11.9. The Hall–Kier alpha value is -0.650. The Kier molecular flexibility index (Phi) is 5.56. The fourth-order valence-electron chi connectivity index (χ4n) is 2.35. The van der Waals surface area contributed by atoms with Gasteiger partial charge in [-0.25, -0.2) is 0 Å². The standard InChI is InChI=1S/C13H27N3O2/c1-11(2)9-15-5-7-16(8-6-15)10-13(3,14-4)12(17)18/h11,14H,5-10H2,1-4H3,(H,17,18). The third kappa shape index (κ3) is 4.23. The van der Waals surface area contributed by atoms with Crippen LogP contribution in [-0.4, -0.2) is 72.7 Å². The largest absolute Gasteiger partial charge is 0.480 e. The average Bonchev–Trinajstić information content (AvgIpc) is 2.30. The molecule has 5 heteroatoms. The Morgan fingerprint density at radius 2 is 1.78 bits per heavy atom. The van der Waals surface area contributed by atoms with Crippen molar-refractivity contribution < 1.29 is 9.90 Å². The molecule has 0 spiro atoms. The summed E-state index contributed by atoms with van der Waals surface area (Å²) in [5, 5.41) is 12.1. The smallest absolute Gasteiger partial charge is 0.324 e. The van der Waals surface area contributed by atoms with Crippen LogP contribution in [0.25, 0.3) is 0 Å². The molecule has 1 rings (SSSR count). The topological polar surface area (TPSA) is 55.8 Å². The van der Waals surface area contributed by atoms with Crippen LogP contribution >= 0.6 is 0 Å². The van der Waals surface area contributed by atoms with Crippen LogP contribution in [0.2, 0.25) is 0 Å². The maximum Gasteiger partial charge on any atom is 0.324 e. The number of aliphatic carboxylic acids is 1. The molecule has 0 amide bonds. The molecule has 0 bridgehead atoms. The minimum Gasteiger partial charge on any atom is -0.480 e. The predicted octanol–water partition coefficient (Wildman–Crippen LogP) is 0.323. The highest BCUT2D eigenvalue weighted by molar-refractivity contribution is 5.78. The lowest BCUT2D eigenvalue weighted by Gasteiger charge is -2.39. The first-order valence-electron chi connectivity index (χ1n) is 6.74. The van der Waals surface area contributed by atoms with Crippen molar-refractivity contribution in [1.82, 2.24) is 15.1 Å². The highest BCUT2D eigenvalue weighted by Crippen LogP contribution is 2.11. The molecule has 1 heterocycles. The van der Waals surface area contributed by atoms with E-state index in [0.29, 0.717) is 12.5 Å². The van der Waals surface area contributed by atoms with Crippen molar-refractivity contribution in [2.75, 3.05) is 46.3 Å². The van der Waals surface area contributed by atoms with Crippen LogP contribution < -0.4 is 5.32 Å². The number of rotatable bonds is 6. The molecule has 0 aromatic rings. The lowest BCUT2D eigenvalue weighted by atomic mass is 10.0. The van der Waals surface area contributed by atoms with Gasteiger partial charge in [-0.15, -0.1) is 0 Å². The molecule has 0 aromatic heterocycles. The van der Waals surface area contributed by atoms with Crippen molar-refractivity contribution in [2.45, 2.75) is 26.3 Å². The Labute approximate surface area is 110 Å². The molecule has 0 saturated carbocycles. The zero-order valence-corrected chi connectivity index (χ0v) is 12.1. The van der Waals surface area contributed by atoms with Crippen molar-refractivity contribution >= 4 is 5.97 Å². The van der Waals surface area contributed by atoms with Gasteiger partial charge in [-0.05, 0) is 19.9 Å². The van der Waals surface area contributed by atoms with Gasteiger partial charge in [-0.2, -0.15) is 0 Å². The van der Waals surface area contributed by atoms with Gasteiger partial charge in [0.15, 0.2) is 0 Å². The van der Waals surface area contributed by atoms with E-state index in [1.54, 1.807) is 14.0 Å². The third-order valence-electron chi connectivity index (χ3n) is 3.65. The van der Waals surface area contributed by atoms with Gasteiger partial charge in [0.1, 0.15) is 5.54 Å². The summed E-state index contributed by atoms with van der Waals surface area (Å²) in [5.74, 6) is -0.0900. The predicted molar refractivity (Wildman–Crippen MR) is 72.8 cm³/mol. The summed E-state index contributed by atoms with van der Waals surface area (Å²) in [4.78, 5) is 15.9. The second-order valence-electron chi connectivity index (χ2n) is 5.86. The molecule has 18 heavy (non-hydrogen) atoms. The number of nitrogens with one attached hydrogen (secondary N) is 1. The first kappa shape index (κ1) is 15.4. The van der Waals surface area contributed by atoms with Gasteiger partial charge in [-0.3, -0.25) is 9.69 Å². The van der Waals surface area contributed by atoms with E-state index in [1.807, 2.05) is 0 Å². The highest BCUT2D eigenvalue weighted by Gasteiger charge is 2.34. The summed E-state index contributed by atoms with van der Waals surface area (Å²) in [6.07, 6.45) is 0. The third-order valence-corrected chi connectivity index (χ3v) is 3.65. The molecule has 1 atom stereocenters. The maximum atomic E-state index is 11.2. The number of piperazine rings is 1. The molecule has 0 aliphatic carbocycles. The molecule has 1 fully saturated rings. The zero-order valence-electron chi connectivity index (χ0n) is 12.1. The SMILES string of the molecule is CNC(C)(CN1CCN(CC(C)C)CC1)C(=O)O. The molecule has 1 saturated heterocycles. The summed E-state index contributed by atoms with van der Waals surface area (Å²) in [7, 11) is 1.71. The summed E-state index contributed by atoms with van der Waals surface area (Å²) in [6, 6.07) is 0. The fourth-order valence-corrected chi connectivity index (χ4v) is 2.35. The molecule has 1 aliphatic heterocycles. The zero-order chi connectivity index (χ0) is 13.8. The van der Waals surface area contributed by atoms with Crippen LogP contribution in [0.4, 0.5) is 0 Å². The number of hydrogen-bond donors (Lipinski definition) is 2. The molecule has 106 valence electrons. The van der Waals surface area contributed by atoms with Crippen molar-refractivity contribution in [3.8, 4) is 0 Å². The quantitative estimate of drug-likeness (QED) is 0.718. The number of nitrogens with zero attached hydrogens (tertiary/aromatic N) is 2. The molecule has 2 N–H and O–H groups in total. The van der Waals surface area contributed by atoms with E-state index in [-0.39, 0.29) is 0 Å². The number of hydrogen-bond acceptors (Lipinski definition) is 4. The molecule has 1 aliphatic rings. The van der Waals surface area contributed by atoms with Gasteiger partial charge >= 0.3 is 5.97 Å². The van der Waals surface area contributed by atoms with Gasteiger partial charge in [-0.1, -0.05) is 13.8 Å². The second kappa shape index (κ2) is 6.50. The highest BCUT2D eigenvalue weighted by atomic mass is 16.4. The van der Waals surface area contributed by atoms with Crippen LogP contribution in [0.3, 0.4) is 0 Å². The van der Waals surface area contributed by atoms with Crippen molar-refractivity contribution in [1.29, 1.82) is 0 Å². The van der Waals surface area contributed by atoms with E-state index in [0.717, 1.165) is 32.7 Å². The van der Waals surface area contributed by atoms with E-state index >= 15 is 0 Å². The monoisotopic (exact) mass is 257 g/mol. The molecule has 1 unspecified atom stereocenters. The summed E-state index contributed by atoms with van der Waals surface area (Å²) in [5.41, 5.74) is -0.847.